The zero-order chi connectivity index (χ0) is 18.0. The van der Waals surface area contributed by atoms with E-state index in [4.69, 9.17) is 11.6 Å². The maximum absolute atomic E-state index is 12.5. The Morgan fingerprint density at radius 1 is 1.28 bits per heavy atom. The van der Waals surface area contributed by atoms with E-state index in [1.807, 2.05) is 6.92 Å². The number of aromatic amines is 1. The van der Waals surface area contributed by atoms with Crippen molar-refractivity contribution in [2.45, 2.75) is 33.2 Å². The van der Waals surface area contributed by atoms with Crippen LogP contribution in [0.1, 0.15) is 31.3 Å². The summed E-state index contributed by atoms with van der Waals surface area (Å²) < 4.78 is 1.27. The lowest BCUT2D eigenvalue weighted by molar-refractivity contribution is -0.118. The molecule has 2 aromatic heterocycles. The number of aryl methyl sites for hydroxylation is 1. The molecule has 1 N–H and O–H groups in total. The number of amides is 1. The highest BCUT2D eigenvalue weighted by Crippen LogP contribution is 2.21. The largest absolute Gasteiger partial charge is 0.305 e. The fourth-order valence-corrected chi connectivity index (χ4v) is 2.68. The van der Waals surface area contributed by atoms with E-state index in [2.05, 4.69) is 15.1 Å². The van der Waals surface area contributed by atoms with E-state index in [-0.39, 0.29) is 18.0 Å². The van der Waals surface area contributed by atoms with Gasteiger partial charge in [-0.3, -0.25) is 14.7 Å². The summed E-state index contributed by atoms with van der Waals surface area (Å²) in [5.74, 6) is 0.746. The third-order valence-corrected chi connectivity index (χ3v) is 3.97. The summed E-state index contributed by atoms with van der Waals surface area (Å²) in [6.45, 7) is 3.90. The van der Waals surface area contributed by atoms with Crippen LogP contribution in [0.2, 0.25) is 5.02 Å². The van der Waals surface area contributed by atoms with Crippen molar-refractivity contribution in [3.8, 4) is 0 Å². The monoisotopic (exact) mass is 359 g/mol. The number of H-pyrrole nitrogens is 1. The second-order valence-electron chi connectivity index (χ2n) is 5.75. The molecule has 2 heterocycles. The van der Waals surface area contributed by atoms with Crippen LogP contribution in [0.15, 0.2) is 35.1 Å². The normalized spacial score (nSPS) is 11.0. The molecule has 0 saturated heterocycles. The molecular formula is C17H18ClN5O2. The molecule has 0 fully saturated rings. The van der Waals surface area contributed by atoms with Crippen molar-refractivity contribution in [3.05, 3.63) is 57.2 Å². The average molecular weight is 360 g/mol. The quantitative estimate of drug-likeness (QED) is 0.759. The molecule has 0 spiro atoms. The lowest BCUT2D eigenvalue weighted by atomic mass is 10.2. The van der Waals surface area contributed by atoms with Crippen LogP contribution in [0.25, 0.3) is 5.78 Å². The van der Waals surface area contributed by atoms with Crippen molar-refractivity contribution in [1.29, 1.82) is 0 Å². The summed E-state index contributed by atoms with van der Waals surface area (Å²) in [5.41, 5.74) is 1.08. The Morgan fingerprint density at radius 2 is 2.00 bits per heavy atom. The molecule has 1 amide bonds. The topological polar surface area (TPSA) is 83.4 Å². The molecule has 0 atom stereocenters. The van der Waals surface area contributed by atoms with Crippen molar-refractivity contribution in [2.75, 3.05) is 4.90 Å². The number of hydrogen-bond donors (Lipinski definition) is 1. The van der Waals surface area contributed by atoms with Gasteiger partial charge in [0, 0.05) is 28.9 Å². The lowest BCUT2D eigenvalue weighted by Gasteiger charge is -2.21. The summed E-state index contributed by atoms with van der Waals surface area (Å²) in [6.07, 6.45) is 1.16. The number of hydrogen-bond acceptors (Lipinski definition) is 4. The van der Waals surface area contributed by atoms with Gasteiger partial charge in [0.1, 0.15) is 5.82 Å². The number of benzene rings is 1. The maximum atomic E-state index is 12.5. The molecule has 8 heteroatoms. The highest BCUT2D eigenvalue weighted by atomic mass is 35.5. The maximum Gasteiger partial charge on any atom is 0.274 e. The van der Waals surface area contributed by atoms with Gasteiger partial charge in [-0.15, -0.1) is 0 Å². The number of fused-ring (bicyclic) bond motifs is 1. The third-order valence-electron chi connectivity index (χ3n) is 3.72. The minimum Gasteiger partial charge on any atom is -0.305 e. The molecule has 0 unspecified atom stereocenters. The molecule has 0 saturated carbocycles. The number of nitrogens with one attached hydrogen (secondary N) is 1. The van der Waals surface area contributed by atoms with Gasteiger partial charge in [-0.05, 0) is 37.6 Å². The van der Waals surface area contributed by atoms with Crippen LogP contribution >= 0.6 is 11.6 Å². The molecule has 7 nitrogen and oxygen atoms in total. The van der Waals surface area contributed by atoms with Gasteiger partial charge in [0.25, 0.3) is 11.3 Å². The molecular weight excluding hydrogens is 342 g/mol. The van der Waals surface area contributed by atoms with Crippen molar-refractivity contribution in [2.24, 2.45) is 0 Å². The minimum atomic E-state index is -0.237. The van der Waals surface area contributed by atoms with E-state index in [9.17, 15) is 9.59 Å². The van der Waals surface area contributed by atoms with Crippen molar-refractivity contribution in [1.82, 2.24) is 19.6 Å². The van der Waals surface area contributed by atoms with Crippen molar-refractivity contribution < 1.29 is 4.79 Å². The molecule has 3 rings (SSSR count). The van der Waals surface area contributed by atoms with Gasteiger partial charge in [-0.2, -0.15) is 9.50 Å². The van der Waals surface area contributed by atoms with Crippen LogP contribution in [0.5, 0.6) is 0 Å². The molecule has 0 radical (unpaired) electrons. The summed E-state index contributed by atoms with van der Waals surface area (Å²) in [7, 11) is 0. The van der Waals surface area contributed by atoms with Crippen LogP contribution in [0, 0.1) is 6.92 Å². The first-order valence-corrected chi connectivity index (χ1v) is 8.37. The third kappa shape index (κ3) is 3.71. The van der Waals surface area contributed by atoms with Crippen LogP contribution in [0.4, 0.5) is 5.69 Å². The van der Waals surface area contributed by atoms with Gasteiger partial charge < -0.3 is 4.90 Å². The van der Waals surface area contributed by atoms with E-state index < -0.39 is 0 Å². The number of halogens is 1. The summed E-state index contributed by atoms with van der Waals surface area (Å²) in [5, 5.41) is 3.51. The Bertz CT molecular complexity index is 961. The fourth-order valence-electron chi connectivity index (χ4n) is 2.55. The van der Waals surface area contributed by atoms with Crippen LogP contribution in [-0.4, -0.2) is 25.5 Å². The van der Waals surface area contributed by atoms with E-state index in [1.165, 1.54) is 10.6 Å². The Morgan fingerprint density at radius 3 is 2.68 bits per heavy atom. The molecule has 0 aliphatic heterocycles. The van der Waals surface area contributed by atoms with Crippen molar-refractivity contribution in [3.63, 3.8) is 0 Å². The van der Waals surface area contributed by atoms with E-state index >= 15 is 0 Å². The van der Waals surface area contributed by atoms with E-state index in [1.54, 1.807) is 36.1 Å². The number of rotatable bonds is 5. The minimum absolute atomic E-state index is 0.0261. The Kier molecular flexibility index (Phi) is 4.85. The average Bonchev–Trinajstić information content (AvgIpc) is 2.97. The number of anilines is 1. The number of nitrogens with zero attached hydrogens (tertiary/aromatic N) is 4. The van der Waals surface area contributed by atoms with Crippen molar-refractivity contribution >= 4 is 29.0 Å². The summed E-state index contributed by atoms with van der Waals surface area (Å²) >= 11 is 5.93. The number of carbonyl (C=O) groups excluding carboxylic acids is 1. The standard InChI is InChI=1S/C17H18ClN5O2/c1-3-4-15(24)22(13-7-5-12(18)6-8-13)10-14-20-17-19-11(2)9-16(25)23(17)21-14/h5-9H,3-4,10H2,1-2H3,(H,19,20,21). The zero-order valence-electron chi connectivity index (χ0n) is 14.0. The van der Waals surface area contributed by atoms with Crippen LogP contribution in [0.3, 0.4) is 0 Å². The second-order valence-corrected chi connectivity index (χ2v) is 6.18. The van der Waals surface area contributed by atoms with Gasteiger partial charge in [0.2, 0.25) is 5.91 Å². The van der Waals surface area contributed by atoms with Gasteiger partial charge in [0.15, 0.2) is 0 Å². The first-order valence-electron chi connectivity index (χ1n) is 7.99. The molecule has 0 aliphatic carbocycles. The second kappa shape index (κ2) is 7.06. The van der Waals surface area contributed by atoms with Gasteiger partial charge in [0.05, 0.1) is 6.54 Å². The van der Waals surface area contributed by atoms with Crippen LogP contribution in [-0.2, 0) is 11.3 Å². The molecule has 130 valence electrons. The van der Waals surface area contributed by atoms with Gasteiger partial charge >= 0.3 is 0 Å². The molecule has 0 aliphatic rings. The fraction of sp³-hybridized carbons (Fsp3) is 0.294. The van der Waals surface area contributed by atoms with E-state index in [0.717, 1.165) is 12.1 Å². The van der Waals surface area contributed by atoms with Gasteiger partial charge in [-0.1, -0.05) is 18.5 Å². The lowest BCUT2D eigenvalue weighted by Crippen LogP contribution is -2.30. The number of carbonyl (C=O) groups is 1. The predicted octanol–water partition coefficient (Wildman–Crippen LogP) is 2.71. The Labute approximate surface area is 149 Å². The number of aromatic nitrogens is 4. The Balaban J connectivity index is 1.97. The smallest absolute Gasteiger partial charge is 0.274 e. The summed E-state index contributed by atoms with van der Waals surface area (Å²) in [4.78, 5) is 34.7. The molecule has 0 bridgehead atoms. The van der Waals surface area contributed by atoms with E-state index in [0.29, 0.717) is 28.7 Å². The van der Waals surface area contributed by atoms with Crippen LogP contribution < -0.4 is 10.5 Å². The highest BCUT2D eigenvalue weighted by molar-refractivity contribution is 6.30. The molecule has 3 aromatic rings. The first-order chi connectivity index (χ1) is 12.0. The Hall–Kier alpha value is -2.67. The molecule has 1 aromatic carbocycles. The highest BCUT2D eigenvalue weighted by Gasteiger charge is 2.18. The van der Waals surface area contributed by atoms with Gasteiger partial charge in [-0.25, -0.2) is 4.98 Å². The predicted molar refractivity (Wildman–Crippen MR) is 95.9 cm³/mol. The molecule has 25 heavy (non-hydrogen) atoms. The zero-order valence-corrected chi connectivity index (χ0v) is 14.7. The first kappa shape index (κ1) is 17.2. The SMILES string of the molecule is CCCC(=O)N(Cc1nc2nc(C)cc(=O)n2[nH]1)c1ccc(Cl)cc1. The summed E-state index contributed by atoms with van der Waals surface area (Å²) in [6, 6.07) is 8.46.